The van der Waals surface area contributed by atoms with Gasteiger partial charge in [-0.1, -0.05) is 23.2 Å². The van der Waals surface area contributed by atoms with E-state index >= 15 is 0 Å². The number of nitrogens with one attached hydrogen (secondary N) is 2. The zero-order valence-electron chi connectivity index (χ0n) is 15.6. The molecule has 0 aliphatic rings. The van der Waals surface area contributed by atoms with E-state index in [2.05, 4.69) is 20.3 Å². The van der Waals surface area contributed by atoms with Gasteiger partial charge in [-0.3, -0.25) is 15.3 Å². The first-order valence-corrected chi connectivity index (χ1v) is 9.14. The zero-order valence-corrected chi connectivity index (χ0v) is 17.1. The van der Waals surface area contributed by atoms with Gasteiger partial charge in [0.2, 0.25) is 11.9 Å². The van der Waals surface area contributed by atoms with Crippen LogP contribution < -0.4 is 15.1 Å². The summed E-state index contributed by atoms with van der Waals surface area (Å²) < 4.78 is 0. The van der Waals surface area contributed by atoms with Crippen molar-refractivity contribution in [3.05, 3.63) is 64.5 Å². The molecule has 0 aliphatic carbocycles. The summed E-state index contributed by atoms with van der Waals surface area (Å²) >= 11 is 12.1. The highest BCUT2D eigenvalue weighted by atomic mass is 35.5. The number of rotatable bonds is 4. The number of anilines is 4. The average molecular weight is 416 g/mol. The molecule has 1 aromatic carbocycles. The molecule has 9 heteroatoms. The summed E-state index contributed by atoms with van der Waals surface area (Å²) in [5.41, 5.74) is 2.32. The smallest absolute Gasteiger partial charge is 0.234 e. The molecule has 0 atom stereocenters. The van der Waals surface area contributed by atoms with Gasteiger partial charge < -0.3 is 10.2 Å². The molecule has 3 rings (SSSR count). The van der Waals surface area contributed by atoms with Gasteiger partial charge in [0.1, 0.15) is 5.82 Å². The van der Waals surface area contributed by atoms with Gasteiger partial charge in [-0.15, -0.1) is 0 Å². The molecule has 7 nitrogen and oxygen atoms in total. The Morgan fingerprint density at radius 1 is 1.04 bits per heavy atom. The molecule has 0 saturated heterocycles. The summed E-state index contributed by atoms with van der Waals surface area (Å²) in [6.45, 7) is 1.87. The fourth-order valence-corrected chi connectivity index (χ4v) is 2.78. The van der Waals surface area contributed by atoms with E-state index in [9.17, 15) is 0 Å². The molecule has 0 fully saturated rings. The Morgan fingerprint density at radius 3 is 2.50 bits per heavy atom. The highest BCUT2D eigenvalue weighted by Gasteiger charge is 2.17. The minimum Gasteiger partial charge on any atom is -0.339 e. The summed E-state index contributed by atoms with van der Waals surface area (Å²) in [7, 11) is 3.50. The number of benzene rings is 1. The van der Waals surface area contributed by atoms with E-state index in [4.69, 9.17) is 28.6 Å². The van der Waals surface area contributed by atoms with E-state index in [1.54, 1.807) is 54.5 Å². The van der Waals surface area contributed by atoms with Crippen LogP contribution in [0.1, 0.15) is 5.69 Å². The number of aromatic nitrogens is 3. The Bertz CT molecular complexity index is 995. The lowest BCUT2D eigenvalue weighted by molar-refractivity contribution is 1.00. The van der Waals surface area contributed by atoms with Gasteiger partial charge in [-0.25, -0.2) is 4.98 Å². The van der Waals surface area contributed by atoms with Crippen molar-refractivity contribution in [1.82, 2.24) is 15.0 Å². The van der Waals surface area contributed by atoms with Crippen molar-refractivity contribution < 1.29 is 0 Å². The Balaban J connectivity index is 1.83. The second-order valence-corrected chi connectivity index (χ2v) is 6.92. The fourth-order valence-electron chi connectivity index (χ4n) is 2.49. The van der Waals surface area contributed by atoms with Crippen molar-refractivity contribution >= 4 is 52.3 Å². The van der Waals surface area contributed by atoms with Crippen molar-refractivity contribution in [2.75, 3.05) is 29.2 Å². The van der Waals surface area contributed by atoms with Crippen molar-refractivity contribution in [2.24, 2.45) is 0 Å². The summed E-state index contributed by atoms with van der Waals surface area (Å²) in [4.78, 5) is 16.3. The lowest BCUT2D eigenvalue weighted by Gasteiger charge is -2.27. The predicted octanol–water partition coefficient (Wildman–Crippen LogP) is 4.74. The molecule has 0 amide bonds. The van der Waals surface area contributed by atoms with Crippen LogP contribution in [0.4, 0.5) is 23.1 Å². The van der Waals surface area contributed by atoms with Gasteiger partial charge in [0.15, 0.2) is 0 Å². The second-order valence-electron chi connectivity index (χ2n) is 6.10. The zero-order chi connectivity index (χ0) is 20.3. The summed E-state index contributed by atoms with van der Waals surface area (Å²) in [6, 6.07) is 10.8. The Labute approximate surface area is 173 Å². The summed E-state index contributed by atoms with van der Waals surface area (Å²) in [5, 5.41) is 12.6. The van der Waals surface area contributed by atoms with Crippen molar-refractivity contribution in [3.8, 4) is 0 Å². The third kappa shape index (κ3) is 4.49. The van der Waals surface area contributed by atoms with Crippen LogP contribution in [0.25, 0.3) is 0 Å². The predicted molar refractivity (Wildman–Crippen MR) is 115 cm³/mol. The molecule has 0 spiro atoms. The highest BCUT2D eigenvalue weighted by Crippen LogP contribution is 2.27. The molecule has 2 aromatic heterocycles. The summed E-state index contributed by atoms with van der Waals surface area (Å²) in [6.07, 6.45) is 3.41. The third-order valence-corrected chi connectivity index (χ3v) is 4.74. The SMILES string of the molecule is Cc1cc(Nc2cccnc2)nc(N(C)C(=N)N(C)c2ccc(Cl)c(Cl)c2)n1. The minimum absolute atomic E-state index is 0.177. The van der Waals surface area contributed by atoms with Crippen LogP contribution in [-0.4, -0.2) is 35.0 Å². The van der Waals surface area contributed by atoms with E-state index < -0.39 is 0 Å². The molecule has 144 valence electrons. The number of guanidine groups is 1. The Morgan fingerprint density at radius 2 is 1.82 bits per heavy atom. The molecule has 2 heterocycles. The van der Waals surface area contributed by atoms with Gasteiger partial charge >= 0.3 is 0 Å². The molecular weight excluding hydrogens is 397 g/mol. The van der Waals surface area contributed by atoms with Crippen LogP contribution >= 0.6 is 23.2 Å². The summed E-state index contributed by atoms with van der Waals surface area (Å²) in [5.74, 6) is 1.19. The quantitative estimate of drug-likeness (QED) is 0.473. The lowest BCUT2D eigenvalue weighted by Crippen LogP contribution is -2.40. The number of hydrogen-bond donors (Lipinski definition) is 2. The van der Waals surface area contributed by atoms with Gasteiger partial charge in [-0.05, 0) is 37.3 Å². The maximum absolute atomic E-state index is 8.53. The van der Waals surface area contributed by atoms with Crippen molar-refractivity contribution in [3.63, 3.8) is 0 Å². The Hall–Kier alpha value is -2.90. The molecule has 3 aromatic rings. The van der Waals surface area contributed by atoms with Crippen LogP contribution in [0.15, 0.2) is 48.8 Å². The molecule has 0 aliphatic heterocycles. The van der Waals surface area contributed by atoms with E-state index in [0.29, 0.717) is 21.8 Å². The van der Waals surface area contributed by atoms with Crippen molar-refractivity contribution in [2.45, 2.75) is 6.92 Å². The van der Waals surface area contributed by atoms with Crippen LogP contribution in [0.2, 0.25) is 10.0 Å². The first-order chi connectivity index (χ1) is 13.3. The topological polar surface area (TPSA) is 81.0 Å². The van der Waals surface area contributed by atoms with Gasteiger partial charge in [-0.2, -0.15) is 4.98 Å². The van der Waals surface area contributed by atoms with Crippen LogP contribution in [-0.2, 0) is 0 Å². The minimum atomic E-state index is 0.177. The van der Waals surface area contributed by atoms with Crippen LogP contribution in [0.3, 0.4) is 0 Å². The lowest BCUT2D eigenvalue weighted by atomic mass is 10.3. The molecule has 28 heavy (non-hydrogen) atoms. The number of nitrogens with zero attached hydrogens (tertiary/aromatic N) is 5. The monoisotopic (exact) mass is 415 g/mol. The van der Waals surface area contributed by atoms with Gasteiger partial charge in [0.05, 0.1) is 21.9 Å². The molecular formula is C19H19Cl2N7. The third-order valence-electron chi connectivity index (χ3n) is 4.00. The number of aryl methyl sites for hydroxylation is 1. The number of hydrogen-bond acceptors (Lipinski definition) is 5. The maximum atomic E-state index is 8.53. The second kappa shape index (κ2) is 8.41. The maximum Gasteiger partial charge on any atom is 0.234 e. The molecule has 0 radical (unpaired) electrons. The number of pyridine rings is 1. The number of halogens is 2. The van der Waals surface area contributed by atoms with Crippen LogP contribution in [0, 0.1) is 12.3 Å². The molecule has 0 saturated carbocycles. The average Bonchev–Trinajstić information content (AvgIpc) is 2.68. The highest BCUT2D eigenvalue weighted by molar-refractivity contribution is 6.42. The standard InChI is InChI=1S/C19H19Cl2N7/c1-12-9-17(25-13-5-4-8-23-11-13)26-19(24-12)28(3)18(22)27(2)14-6-7-15(20)16(21)10-14/h4-11,22H,1-3H3,(H,24,25,26). The molecule has 2 N–H and O–H groups in total. The van der Waals surface area contributed by atoms with Gasteiger partial charge in [0.25, 0.3) is 0 Å². The normalized spacial score (nSPS) is 10.5. The van der Waals surface area contributed by atoms with Crippen LogP contribution in [0.5, 0.6) is 0 Å². The van der Waals surface area contributed by atoms with E-state index in [-0.39, 0.29) is 5.96 Å². The van der Waals surface area contributed by atoms with E-state index in [0.717, 1.165) is 17.1 Å². The van der Waals surface area contributed by atoms with Crippen molar-refractivity contribution in [1.29, 1.82) is 5.41 Å². The van der Waals surface area contributed by atoms with E-state index in [1.165, 1.54) is 0 Å². The molecule has 0 bridgehead atoms. The van der Waals surface area contributed by atoms with Gasteiger partial charge in [0, 0.05) is 37.7 Å². The molecule has 0 unspecified atom stereocenters. The largest absolute Gasteiger partial charge is 0.339 e. The first-order valence-electron chi connectivity index (χ1n) is 8.39. The first kappa shape index (κ1) is 19.9. The Kier molecular flexibility index (Phi) is 5.96. The fraction of sp³-hybridized carbons (Fsp3) is 0.158. The van der Waals surface area contributed by atoms with E-state index in [1.807, 2.05) is 25.1 Å².